The van der Waals surface area contributed by atoms with Crippen molar-refractivity contribution in [2.45, 2.75) is 58.4 Å². The van der Waals surface area contributed by atoms with E-state index < -0.39 is 0 Å². The van der Waals surface area contributed by atoms with E-state index in [9.17, 15) is 0 Å². The van der Waals surface area contributed by atoms with E-state index >= 15 is 0 Å². The number of allylic oxidation sites excluding steroid dienone is 1. The fourth-order valence-electron chi connectivity index (χ4n) is 1.86. The Hall–Kier alpha value is -0.340. The highest BCUT2D eigenvalue weighted by atomic mass is 16.5. The second-order valence-electron chi connectivity index (χ2n) is 4.17. The molecule has 1 atom stereocenters. The molecular weight excluding hydrogens is 198 g/mol. The molecule has 0 spiro atoms. The van der Waals surface area contributed by atoms with Crippen molar-refractivity contribution in [3.05, 3.63) is 12.7 Å². The van der Waals surface area contributed by atoms with Gasteiger partial charge in [-0.1, -0.05) is 25.8 Å². The molecule has 0 aromatic heterocycles. The Kier molecular flexibility index (Phi) is 12.5. The highest BCUT2D eigenvalue weighted by Gasteiger charge is 2.06. The van der Waals surface area contributed by atoms with Gasteiger partial charge in [0, 0.05) is 19.3 Å². The van der Waals surface area contributed by atoms with Gasteiger partial charge in [-0.3, -0.25) is 0 Å². The average Bonchev–Trinajstić information content (AvgIpc) is 2.29. The molecule has 0 amide bonds. The SMILES string of the molecule is C=CCCCCCC(CCOCC)NCC. The smallest absolute Gasteiger partial charge is 0.0480 e. The van der Waals surface area contributed by atoms with Gasteiger partial charge in [-0.2, -0.15) is 0 Å². The first kappa shape index (κ1) is 15.7. The molecular formula is C14H29NO. The van der Waals surface area contributed by atoms with Crippen LogP contribution in [0.15, 0.2) is 12.7 Å². The Balaban J connectivity index is 3.46. The predicted octanol–water partition coefficient (Wildman–Crippen LogP) is 3.53. The molecule has 0 saturated heterocycles. The molecule has 0 rings (SSSR count). The molecule has 0 aromatic rings. The summed E-state index contributed by atoms with van der Waals surface area (Å²) in [6, 6.07) is 0.639. The number of hydrogen-bond donors (Lipinski definition) is 1. The Morgan fingerprint density at radius 1 is 1.19 bits per heavy atom. The molecule has 0 fully saturated rings. The van der Waals surface area contributed by atoms with E-state index in [0.717, 1.165) is 32.6 Å². The third-order valence-corrected chi connectivity index (χ3v) is 2.77. The van der Waals surface area contributed by atoms with E-state index in [1.54, 1.807) is 0 Å². The van der Waals surface area contributed by atoms with Crippen LogP contribution < -0.4 is 5.32 Å². The van der Waals surface area contributed by atoms with Crippen molar-refractivity contribution in [2.75, 3.05) is 19.8 Å². The highest BCUT2D eigenvalue weighted by Crippen LogP contribution is 2.08. The van der Waals surface area contributed by atoms with Gasteiger partial charge in [-0.15, -0.1) is 6.58 Å². The van der Waals surface area contributed by atoms with Gasteiger partial charge in [0.15, 0.2) is 0 Å². The standard InChI is InChI=1S/C14H29NO/c1-4-7-8-9-10-11-14(15-5-2)12-13-16-6-3/h4,14-15H,1,5-13H2,2-3H3. The van der Waals surface area contributed by atoms with Crippen LogP contribution in [0, 0.1) is 0 Å². The molecule has 1 N–H and O–H groups in total. The molecule has 2 nitrogen and oxygen atoms in total. The van der Waals surface area contributed by atoms with Gasteiger partial charge in [0.1, 0.15) is 0 Å². The number of rotatable bonds is 12. The summed E-state index contributed by atoms with van der Waals surface area (Å²) < 4.78 is 5.40. The van der Waals surface area contributed by atoms with Gasteiger partial charge >= 0.3 is 0 Å². The Morgan fingerprint density at radius 2 is 2.00 bits per heavy atom. The van der Waals surface area contributed by atoms with Gasteiger partial charge in [0.2, 0.25) is 0 Å². The molecule has 0 bridgehead atoms. The summed E-state index contributed by atoms with van der Waals surface area (Å²) in [7, 11) is 0. The molecule has 2 heteroatoms. The number of nitrogens with one attached hydrogen (secondary N) is 1. The van der Waals surface area contributed by atoms with Crippen molar-refractivity contribution in [2.24, 2.45) is 0 Å². The molecule has 0 aromatic carbocycles. The lowest BCUT2D eigenvalue weighted by Gasteiger charge is -2.17. The van der Waals surface area contributed by atoms with E-state index in [4.69, 9.17) is 4.74 Å². The van der Waals surface area contributed by atoms with Gasteiger partial charge in [0.25, 0.3) is 0 Å². The second kappa shape index (κ2) is 12.7. The summed E-state index contributed by atoms with van der Waals surface area (Å²) >= 11 is 0. The van der Waals surface area contributed by atoms with Gasteiger partial charge in [-0.25, -0.2) is 0 Å². The maximum atomic E-state index is 5.40. The second-order valence-corrected chi connectivity index (χ2v) is 4.17. The fraction of sp³-hybridized carbons (Fsp3) is 0.857. The molecule has 0 saturated carbocycles. The normalized spacial score (nSPS) is 12.6. The maximum Gasteiger partial charge on any atom is 0.0480 e. The van der Waals surface area contributed by atoms with Crippen molar-refractivity contribution in [3.63, 3.8) is 0 Å². The van der Waals surface area contributed by atoms with Crippen LogP contribution in [0.1, 0.15) is 52.4 Å². The van der Waals surface area contributed by atoms with Crippen molar-refractivity contribution >= 4 is 0 Å². The van der Waals surface area contributed by atoms with Crippen molar-refractivity contribution in [1.82, 2.24) is 5.32 Å². The van der Waals surface area contributed by atoms with E-state index in [-0.39, 0.29) is 0 Å². The van der Waals surface area contributed by atoms with E-state index in [2.05, 4.69) is 25.7 Å². The number of hydrogen-bond acceptors (Lipinski definition) is 2. The minimum Gasteiger partial charge on any atom is -0.382 e. The minimum atomic E-state index is 0.639. The molecule has 0 aliphatic rings. The first-order chi connectivity index (χ1) is 7.85. The van der Waals surface area contributed by atoms with Crippen LogP contribution in [-0.4, -0.2) is 25.8 Å². The summed E-state index contributed by atoms with van der Waals surface area (Å²) in [5.74, 6) is 0. The lowest BCUT2D eigenvalue weighted by molar-refractivity contribution is 0.135. The van der Waals surface area contributed by atoms with E-state index in [1.807, 2.05) is 6.08 Å². The Labute approximate surface area is 101 Å². The van der Waals surface area contributed by atoms with Gasteiger partial charge < -0.3 is 10.1 Å². The van der Waals surface area contributed by atoms with Gasteiger partial charge in [0.05, 0.1) is 0 Å². The third kappa shape index (κ3) is 10.2. The van der Waals surface area contributed by atoms with Crippen LogP contribution in [0.2, 0.25) is 0 Å². The van der Waals surface area contributed by atoms with Crippen LogP contribution in [0.3, 0.4) is 0 Å². The number of ether oxygens (including phenoxy) is 1. The summed E-state index contributed by atoms with van der Waals surface area (Å²) in [5.41, 5.74) is 0. The molecule has 0 aliphatic carbocycles. The molecule has 96 valence electrons. The zero-order valence-electron chi connectivity index (χ0n) is 11.1. The third-order valence-electron chi connectivity index (χ3n) is 2.77. The van der Waals surface area contributed by atoms with E-state index in [1.165, 1.54) is 25.7 Å². The topological polar surface area (TPSA) is 21.3 Å². The predicted molar refractivity (Wildman–Crippen MR) is 71.9 cm³/mol. The van der Waals surface area contributed by atoms with Crippen LogP contribution >= 0.6 is 0 Å². The molecule has 0 aliphatic heterocycles. The highest BCUT2D eigenvalue weighted by molar-refractivity contribution is 4.68. The van der Waals surface area contributed by atoms with Crippen molar-refractivity contribution in [1.29, 1.82) is 0 Å². The quantitative estimate of drug-likeness (QED) is 0.407. The van der Waals surface area contributed by atoms with Crippen LogP contribution in [-0.2, 0) is 4.74 Å². The maximum absolute atomic E-state index is 5.40. The van der Waals surface area contributed by atoms with Crippen LogP contribution in [0.5, 0.6) is 0 Å². The molecule has 0 heterocycles. The Morgan fingerprint density at radius 3 is 2.62 bits per heavy atom. The zero-order valence-corrected chi connectivity index (χ0v) is 11.1. The molecule has 1 unspecified atom stereocenters. The lowest BCUT2D eigenvalue weighted by Crippen LogP contribution is -2.30. The fourth-order valence-corrected chi connectivity index (χ4v) is 1.86. The molecule has 16 heavy (non-hydrogen) atoms. The summed E-state index contributed by atoms with van der Waals surface area (Å²) in [5, 5.41) is 3.53. The largest absolute Gasteiger partial charge is 0.382 e. The Bertz CT molecular complexity index is 148. The van der Waals surface area contributed by atoms with Gasteiger partial charge in [-0.05, 0) is 39.2 Å². The van der Waals surface area contributed by atoms with Crippen molar-refractivity contribution < 1.29 is 4.74 Å². The minimum absolute atomic E-state index is 0.639. The van der Waals surface area contributed by atoms with Crippen molar-refractivity contribution in [3.8, 4) is 0 Å². The average molecular weight is 227 g/mol. The zero-order chi connectivity index (χ0) is 12.1. The summed E-state index contributed by atoms with van der Waals surface area (Å²) in [4.78, 5) is 0. The first-order valence-electron chi connectivity index (χ1n) is 6.77. The summed E-state index contributed by atoms with van der Waals surface area (Å²) in [6.07, 6.45) is 9.51. The first-order valence-corrected chi connectivity index (χ1v) is 6.77. The van der Waals surface area contributed by atoms with Crippen LogP contribution in [0.25, 0.3) is 0 Å². The monoisotopic (exact) mass is 227 g/mol. The molecule has 0 radical (unpaired) electrons. The number of unbranched alkanes of at least 4 members (excludes halogenated alkanes) is 3. The van der Waals surface area contributed by atoms with E-state index in [0.29, 0.717) is 6.04 Å². The lowest BCUT2D eigenvalue weighted by atomic mass is 10.0. The van der Waals surface area contributed by atoms with Crippen LogP contribution in [0.4, 0.5) is 0 Å². The summed E-state index contributed by atoms with van der Waals surface area (Å²) in [6.45, 7) is 10.7.